The van der Waals surface area contributed by atoms with Crippen LogP contribution in [0.25, 0.3) is 11.3 Å². The third kappa shape index (κ3) is 2.71. The highest BCUT2D eigenvalue weighted by Crippen LogP contribution is 2.19. The van der Waals surface area contributed by atoms with Gasteiger partial charge in [0.15, 0.2) is 0 Å². The van der Waals surface area contributed by atoms with Crippen LogP contribution < -0.4 is 5.73 Å². The van der Waals surface area contributed by atoms with Gasteiger partial charge in [-0.3, -0.25) is 4.68 Å². The molecule has 4 heteroatoms. The predicted octanol–water partition coefficient (Wildman–Crippen LogP) is 1.91. The molecule has 0 radical (unpaired) electrons. The standard InChI is InChI=1S/C13H18N4/c1-10-4-5-12(8-11(10)2)13-9-17(16-15-13)7-3-6-14/h4-5,8-9H,3,6-7,14H2,1-2H3. The molecule has 0 aliphatic heterocycles. The lowest BCUT2D eigenvalue weighted by Gasteiger charge is -2.01. The summed E-state index contributed by atoms with van der Waals surface area (Å²) in [5, 5.41) is 8.28. The molecular formula is C13H18N4. The molecule has 2 aromatic rings. The molecule has 0 spiro atoms. The van der Waals surface area contributed by atoms with Crippen LogP contribution in [0.15, 0.2) is 24.4 Å². The highest BCUT2D eigenvalue weighted by atomic mass is 15.4. The van der Waals surface area contributed by atoms with E-state index in [4.69, 9.17) is 5.73 Å². The first-order valence-electron chi connectivity index (χ1n) is 5.88. The maximum atomic E-state index is 5.47. The molecule has 1 aromatic heterocycles. The van der Waals surface area contributed by atoms with Gasteiger partial charge in [-0.1, -0.05) is 17.3 Å². The molecule has 0 aliphatic carbocycles. The third-order valence-electron chi connectivity index (χ3n) is 2.93. The molecule has 0 bridgehead atoms. The molecule has 0 saturated carbocycles. The van der Waals surface area contributed by atoms with Gasteiger partial charge in [-0.25, -0.2) is 0 Å². The van der Waals surface area contributed by atoms with Gasteiger partial charge >= 0.3 is 0 Å². The molecule has 1 heterocycles. The van der Waals surface area contributed by atoms with Crippen LogP contribution in [0.1, 0.15) is 17.5 Å². The number of hydrogen-bond donors (Lipinski definition) is 1. The van der Waals surface area contributed by atoms with E-state index in [-0.39, 0.29) is 0 Å². The number of nitrogens with two attached hydrogens (primary N) is 1. The summed E-state index contributed by atoms with van der Waals surface area (Å²) in [4.78, 5) is 0. The summed E-state index contributed by atoms with van der Waals surface area (Å²) in [6.07, 6.45) is 2.90. The first-order valence-corrected chi connectivity index (χ1v) is 5.88. The van der Waals surface area contributed by atoms with Crippen molar-refractivity contribution < 1.29 is 0 Å². The van der Waals surface area contributed by atoms with Gasteiger partial charge in [0.25, 0.3) is 0 Å². The SMILES string of the molecule is Cc1ccc(-c2cn(CCCN)nn2)cc1C. The van der Waals surface area contributed by atoms with Crippen molar-refractivity contribution in [1.82, 2.24) is 15.0 Å². The lowest BCUT2D eigenvalue weighted by atomic mass is 10.1. The third-order valence-corrected chi connectivity index (χ3v) is 2.93. The zero-order chi connectivity index (χ0) is 12.3. The van der Waals surface area contributed by atoms with Crippen LogP contribution in [-0.4, -0.2) is 21.5 Å². The van der Waals surface area contributed by atoms with E-state index in [1.165, 1.54) is 11.1 Å². The van der Waals surface area contributed by atoms with Crippen molar-refractivity contribution in [3.05, 3.63) is 35.5 Å². The predicted molar refractivity (Wildman–Crippen MR) is 68.6 cm³/mol. The largest absolute Gasteiger partial charge is 0.330 e. The molecule has 0 atom stereocenters. The van der Waals surface area contributed by atoms with E-state index < -0.39 is 0 Å². The molecule has 0 unspecified atom stereocenters. The maximum Gasteiger partial charge on any atom is 0.113 e. The van der Waals surface area contributed by atoms with Crippen LogP contribution in [0.2, 0.25) is 0 Å². The summed E-state index contributed by atoms with van der Waals surface area (Å²) < 4.78 is 1.84. The van der Waals surface area contributed by atoms with Gasteiger partial charge in [0.05, 0.1) is 6.20 Å². The van der Waals surface area contributed by atoms with Crippen LogP contribution in [0.5, 0.6) is 0 Å². The fourth-order valence-electron chi connectivity index (χ4n) is 1.69. The number of hydrogen-bond acceptors (Lipinski definition) is 3. The Morgan fingerprint density at radius 1 is 1.24 bits per heavy atom. The maximum absolute atomic E-state index is 5.47. The van der Waals surface area contributed by atoms with Crippen molar-refractivity contribution in [1.29, 1.82) is 0 Å². The first kappa shape index (κ1) is 11.8. The Morgan fingerprint density at radius 2 is 2.06 bits per heavy atom. The van der Waals surface area contributed by atoms with E-state index in [0.29, 0.717) is 6.54 Å². The molecule has 17 heavy (non-hydrogen) atoms. The Kier molecular flexibility index (Phi) is 3.54. The second-order valence-electron chi connectivity index (χ2n) is 4.31. The molecule has 0 saturated heterocycles. The summed E-state index contributed by atoms with van der Waals surface area (Å²) in [5.74, 6) is 0. The van der Waals surface area contributed by atoms with Crippen LogP contribution in [0, 0.1) is 13.8 Å². The Hall–Kier alpha value is -1.68. The van der Waals surface area contributed by atoms with E-state index in [2.05, 4.69) is 42.4 Å². The molecule has 90 valence electrons. The van der Waals surface area contributed by atoms with Crippen molar-refractivity contribution in [2.24, 2.45) is 5.73 Å². The van der Waals surface area contributed by atoms with Gasteiger partial charge in [0.2, 0.25) is 0 Å². The normalized spacial score (nSPS) is 10.8. The highest BCUT2D eigenvalue weighted by molar-refractivity contribution is 5.59. The summed E-state index contributed by atoms with van der Waals surface area (Å²) in [7, 11) is 0. The van der Waals surface area contributed by atoms with Crippen LogP contribution in [0.4, 0.5) is 0 Å². The average molecular weight is 230 g/mol. The van der Waals surface area contributed by atoms with E-state index in [1.807, 2.05) is 10.9 Å². The fourth-order valence-corrected chi connectivity index (χ4v) is 1.69. The minimum Gasteiger partial charge on any atom is -0.330 e. The van der Waals surface area contributed by atoms with Crippen LogP contribution >= 0.6 is 0 Å². The second kappa shape index (κ2) is 5.10. The molecule has 0 amide bonds. The number of nitrogens with zero attached hydrogens (tertiary/aromatic N) is 3. The zero-order valence-electron chi connectivity index (χ0n) is 10.3. The molecular weight excluding hydrogens is 212 g/mol. The van der Waals surface area contributed by atoms with Crippen molar-refractivity contribution in [2.45, 2.75) is 26.8 Å². The average Bonchev–Trinajstić information content (AvgIpc) is 2.79. The van der Waals surface area contributed by atoms with Gasteiger partial charge in [-0.15, -0.1) is 5.10 Å². The molecule has 1 aromatic carbocycles. The van der Waals surface area contributed by atoms with Crippen LogP contribution in [-0.2, 0) is 6.54 Å². The second-order valence-corrected chi connectivity index (χ2v) is 4.31. The Balaban J connectivity index is 2.21. The quantitative estimate of drug-likeness (QED) is 0.873. The topological polar surface area (TPSA) is 56.7 Å². The minimum absolute atomic E-state index is 0.679. The summed E-state index contributed by atoms with van der Waals surface area (Å²) in [6.45, 7) is 5.72. The number of aryl methyl sites for hydroxylation is 3. The number of aromatic nitrogens is 3. The van der Waals surface area contributed by atoms with Gasteiger partial charge in [0.1, 0.15) is 5.69 Å². The summed E-state index contributed by atoms with van der Waals surface area (Å²) >= 11 is 0. The molecule has 0 aliphatic rings. The summed E-state index contributed by atoms with van der Waals surface area (Å²) in [6, 6.07) is 6.34. The zero-order valence-corrected chi connectivity index (χ0v) is 10.3. The molecule has 0 fully saturated rings. The highest BCUT2D eigenvalue weighted by Gasteiger charge is 2.04. The van der Waals surface area contributed by atoms with Crippen LogP contribution in [0.3, 0.4) is 0 Å². The van der Waals surface area contributed by atoms with Gasteiger partial charge < -0.3 is 5.73 Å². The van der Waals surface area contributed by atoms with Gasteiger partial charge in [-0.2, -0.15) is 0 Å². The van der Waals surface area contributed by atoms with E-state index in [9.17, 15) is 0 Å². The Bertz CT molecular complexity index is 502. The fraction of sp³-hybridized carbons (Fsp3) is 0.385. The van der Waals surface area contributed by atoms with E-state index in [1.54, 1.807) is 0 Å². The molecule has 2 rings (SSSR count). The summed E-state index contributed by atoms with van der Waals surface area (Å²) in [5.41, 5.74) is 10.1. The van der Waals surface area contributed by atoms with E-state index in [0.717, 1.165) is 24.2 Å². The van der Waals surface area contributed by atoms with Gasteiger partial charge in [-0.05, 0) is 44.0 Å². The monoisotopic (exact) mass is 230 g/mol. The molecule has 4 nitrogen and oxygen atoms in total. The van der Waals surface area contributed by atoms with Gasteiger partial charge in [0, 0.05) is 12.1 Å². The number of rotatable bonds is 4. The Labute approximate surface area is 101 Å². The van der Waals surface area contributed by atoms with Crippen molar-refractivity contribution in [3.8, 4) is 11.3 Å². The molecule has 2 N–H and O–H groups in total. The minimum atomic E-state index is 0.679. The lowest BCUT2D eigenvalue weighted by molar-refractivity contribution is 0.564. The lowest BCUT2D eigenvalue weighted by Crippen LogP contribution is -2.06. The van der Waals surface area contributed by atoms with Crippen molar-refractivity contribution in [2.75, 3.05) is 6.54 Å². The number of benzene rings is 1. The Morgan fingerprint density at radius 3 is 2.76 bits per heavy atom. The van der Waals surface area contributed by atoms with Crippen molar-refractivity contribution in [3.63, 3.8) is 0 Å². The first-order chi connectivity index (χ1) is 8.20. The smallest absolute Gasteiger partial charge is 0.113 e. The van der Waals surface area contributed by atoms with E-state index >= 15 is 0 Å². The van der Waals surface area contributed by atoms with Crippen molar-refractivity contribution >= 4 is 0 Å².